The van der Waals surface area contributed by atoms with Gasteiger partial charge in [-0.1, -0.05) is 23.6 Å². The van der Waals surface area contributed by atoms with E-state index < -0.39 is 0 Å². The molecule has 5 nitrogen and oxygen atoms in total. The number of amides is 1. The Bertz CT molecular complexity index is 712. The van der Waals surface area contributed by atoms with Crippen molar-refractivity contribution in [3.05, 3.63) is 46.9 Å². The van der Waals surface area contributed by atoms with Gasteiger partial charge in [-0.2, -0.15) is 0 Å². The van der Waals surface area contributed by atoms with E-state index in [-0.39, 0.29) is 12.5 Å². The number of nitrogens with one attached hydrogen (secondary N) is 1. The molecule has 108 valence electrons. The number of hydrogen-bond donors (Lipinski definition) is 2. The fourth-order valence-corrected chi connectivity index (χ4v) is 2.04. The molecule has 2 heterocycles. The fourth-order valence-electron chi connectivity index (χ4n) is 1.82. The zero-order valence-electron chi connectivity index (χ0n) is 11.6. The second-order valence-electron chi connectivity index (χ2n) is 4.20. The van der Waals surface area contributed by atoms with Gasteiger partial charge < -0.3 is 15.6 Å². The van der Waals surface area contributed by atoms with E-state index >= 15 is 0 Å². The number of aromatic nitrogens is 2. The maximum absolute atomic E-state index is 12.2. The molecule has 0 radical (unpaired) electrons. The predicted molar refractivity (Wildman–Crippen MR) is 83.2 cm³/mol. The zero-order chi connectivity index (χ0) is 15.2. The summed E-state index contributed by atoms with van der Waals surface area (Å²) in [7, 11) is 0. The lowest BCUT2D eigenvalue weighted by Gasteiger charge is -2.07. The third kappa shape index (κ3) is 3.85. The number of nitrogens with two attached hydrogens (primary N) is 1. The molecular formula is C15H15ClN4O. The number of pyridine rings is 1. The van der Waals surface area contributed by atoms with E-state index in [4.69, 9.17) is 17.3 Å². The van der Waals surface area contributed by atoms with E-state index in [2.05, 4.69) is 22.1 Å². The van der Waals surface area contributed by atoms with Crippen LogP contribution in [-0.4, -0.2) is 22.0 Å². The van der Waals surface area contributed by atoms with Crippen LogP contribution in [0.15, 0.2) is 30.5 Å². The number of aryl methyl sites for hydroxylation is 1. The summed E-state index contributed by atoms with van der Waals surface area (Å²) in [5, 5.41) is 3.26. The highest BCUT2D eigenvalue weighted by Gasteiger charge is 2.13. The second kappa shape index (κ2) is 6.93. The average Bonchev–Trinajstić information content (AvgIpc) is 2.87. The third-order valence-corrected chi connectivity index (χ3v) is 2.95. The van der Waals surface area contributed by atoms with Crippen molar-refractivity contribution < 1.29 is 4.79 Å². The number of halogens is 1. The minimum absolute atomic E-state index is 0.264. The lowest BCUT2D eigenvalue weighted by atomic mass is 10.3. The van der Waals surface area contributed by atoms with Gasteiger partial charge in [0.25, 0.3) is 5.91 Å². The Kier molecular flexibility index (Phi) is 4.99. The molecule has 3 N–H and O–H groups in total. The Morgan fingerprint density at radius 2 is 2.33 bits per heavy atom. The number of rotatable bonds is 3. The molecule has 2 aromatic rings. The quantitative estimate of drug-likeness (QED) is 0.853. The molecule has 1 amide bonds. The first-order chi connectivity index (χ1) is 10.1. The van der Waals surface area contributed by atoms with E-state index in [9.17, 15) is 4.79 Å². The molecule has 21 heavy (non-hydrogen) atoms. The van der Waals surface area contributed by atoms with Crippen LogP contribution in [0.25, 0.3) is 0 Å². The summed E-state index contributed by atoms with van der Waals surface area (Å²) in [6.07, 6.45) is 1.72. The first kappa shape index (κ1) is 15.1. The zero-order valence-corrected chi connectivity index (χ0v) is 12.3. The van der Waals surface area contributed by atoms with Gasteiger partial charge in [0, 0.05) is 12.7 Å². The summed E-state index contributed by atoms with van der Waals surface area (Å²) >= 11 is 5.93. The van der Waals surface area contributed by atoms with Gasteiger partial charge in [0.05, 0.1) is 11.6 Å². The lowest BCUT2D eigenvalue weighted by molar-refractivity contribution is 0.101. The smallest absolute Gasteiger partial charge is 0.273 e. The van der Waals surface area contributed by atoms with E-state index in [0.717, 1.165) is 0 Å². The first-order valence-corrected chi connectivity index (χ1v) is 6.85. The summed E-state index contributed by atoms with van der Waals surface area (Å²) in [5.41, 5.74) is 6.37. The predicted octanol–water partition coefficient (Wildman–Crippen LogP) is 2.12. The van der Waals surface area contributed by atoms with Crippen molar-refractivity contribution in [1.29, 1.82) is 0 Å². The van der Waals surface area contributed by atoms with Gasteiger partial charge in [0.15, 0.2) is 0 Å². The molecule has 2 rings (SSSR count). The molecule has 0 unspecified atom stereocenters. The number of hydrogen-bond acceptors (Lipinski definition) is 3. The van der Waals surface area contributed by atoms with E-state index in [0.29, 0.717) is 28.8 Å². The van der Waals surface area contributed by atoms with Gasteiger partial charge in [-0.25, -0.2) is 4.98 Å². The van der Waals surface area contributed by atoms with Crippen molar-refractivity contribution in [3.8, 4) is 11.8 Å². The largest absolute Gasteiger partial charge is 0.342 e. The summed E-state index contributed by atoms with van der Waals surface area (Å²) in [5.74, 6) is 5.71. The number of carbonyl (C=O) groups is 1. The Hall–Kier alpha value is -2.29. The summed E-state index contributed by atoms with van der Waals surface area (Å²) in [6.45, 7) is 2.86. The SMILES string of the molecule is CCn1cc(Cl)cc1C(=O)Nc1cccc(C#CCN)n1. The molecule has 0 spiro atoms. The Morgan fingerprint density at radius 3 is 3.05 bits per heavy atom. The highest BCUT2D eigenvalue weighted by Crippen LogP contribution is 2.15. The fraction of sp³-hybridized carbons (Fsp3) is 0.200. The van der Waals surface area contributed by atoms with Crippen LogP contribution in [0.4, 0.5) is 5.82 Å². The van der Waals surface area contributed by atoms with Gasteiger partial charge in [-0.3, -0.25) is 4.79 Å². The molecule has 0 aliphatic carbocycles. The molecule has 0 aromatic carbocycles. The van der Waals surface area contributed by atoms with Gasteiger partial charge in [0.1, 0.15) is 17.2 Å². The molecule has 0 aliphatic rings. The van der Waals surface area contributed by atoms with Gasteiger partial charge >= 0.3 is 0 Å². The third-order valence-electron chi connectivity index (χ3n) is 2.75. The molecular weight excluding hydrogens is 288 g/mol. The van der Waals surface area contributed by atoms with E-state index in [1.807, 2.05) is 6.92 Å². The summed E-state index contributed by atoms with van der Waals surface area (Å²) in [6, 6.07) is 6.85. The maximum Gasteiger partial charge on any atom is 0.273 e. The topological polar surface area (TPSA) is 72.9 Å². The molecule has 0 bridgehead atoms. The van der Waals surface area contributed by atoms with Crippen LogP contribution in [0.3, 0.4) is 0 Å². The van der Waals surface area contributed by atoms with Gasteiger partial charge in [0.2, 0.25) is 0 Å². The number of nitrogens with zero attached hydrogens (tertiary/aromatic N) is 2. The first-order valence-electron chi connectivity index (χ1n) is 6.47. The van der Waals surface area contributed by atoms with E-state index in [1.54, 1.807) is 35.0 Å². The van der Waals surface area contributed by atoms with Crippen LogP contribution in [0.5, 0.6) is 0 Å². The van der Waals surface area contributed by atoms with Crippen molar-refractivity contribution in [3.63, 3.8) is 0 Å². The van der Waals surface area contributed by atoms with Gasteiger partial charge in [-0.05, 0) is 31.0 Å². The van der Waals surface area contributed by atoms with Crippen LogP contribution in [-0.2, 0) is 6.54 Å². The summed E-state index contributed by atoms with van der Waals surface area (Å²) < 4.78 is 1.77. The molecule has 0 aliphatic heterocycles. The summed E-state index contributed by atoms with van der Waals surface area (Å²) in [4.78, 5) is 16.5. The minimum Gasteiger partial charge on any atom is -0.342 e. The Labute approximate surface area is 128 Å². The van der Waals surface area contributed by atoms with Gasteiger partial charge in [-0.15, -0.1) is 0 Å². The number of carbonyl (C=O) groups excluding carboxylic acids is 1. The molecule has 0 saturated carbocycles. The Balaban J connectivity index is 2.19. The lowest BCUT2D eigenvalue weighted by Crippen LogP contribution is -2.17. The maximum atomic E-state index is 12.2. The van der Waals surface area contributed by atoms with Crippen LogP contribution < -0.4 is 11.1 Å². The second-order valence-corrected chi connectivity index (χ2v) is 4.63. The van der Waals surface area contributed by atoms with Crippen LogP contribution in [0, 0.1) is 11.8 Å². The Morgan fingerprint density at radius 1 is 1.52 bits per heavy atom. The van der Waals surface area contributed by atoms with Crippen molar-refractivity contribution in [1.82, 2.24) is 9.55 Å². The van der Waals surface area contributed by atoms with Crippen molar-refractivity contribution in [2.24, 2.45) is 5.73 Å². The molecule has 0 fully saturated rings. The highest BCUT2D eigenvalue weighted by atomic mass is 35.5. The van der Waals surface area contributed by atoms with Crippen LogP contribution in [0.1, 0.15) is 23.1 Å². The van der Waals surface area contributed by atoms with E-state index in [1.165, 1.54) is 0 Å². The normalized spacial score (nSPS) is 9.86. The monoisotopic (exact) mass is 302 g/mol. The standard InChI is InChI=1S/C15H15ClN4O/c1-2-20-10-11(16)9-13(20)15(21)19-14-7-3-5-12(18-14)6-4-8-17/h3,5,7,9-10H,2,8,17H2,1H3,(H,18,19,21). The number of anilines is 1. The van der Waals surface area contributed by atoms with Crippen LogP contribution in [0.2, 0.25) is 5.02 Å². The van der Waals surface area contributed by atoms with Crippen molar-refractivity contribution in [2.45, 2.75) is 13.5 Å². The van der Waals surface area contributed by atoms with Crippen molar-refractivity contribution >= 4 is 23.3 Å². The molecule has 6 heteroatoms. The molecule has 2 aromatic heterocycles. The average molecular weight is 303 g/mol. The molecule has 0 saturated heterocycles. The van der Waals surface area contributed by atoms with Crippen LogP contribution >= 0.6 is 11.6 Å². The van der Waals surface area contributed by atoms with Crippen molar-refractivity contribution in [2.75, 3.05) is 11.9 Å². The highest BCUT2D eigenvalue weighted by molar-refractivity contribution is 6.31. The minimum atomic E-state index is -0.264. The molecule has 0 atom stereocenters.